The van der Waals surface area contributed by atoms with E-state index in [1.54, 1.807) is 4.31 Å². The van der Waals surface area contributed by atoms with Crippen LogP contribution in [-0.4, -0.2) is 49.2 Å². The monoisotopic (exact) mass is 233 g/mol. The number of piperidine rings is 1. The Hall–Kier alpha value is -0.170. The summed E-state index contributed by atoms with van der Waals surface area (Å²) in [5.74, 6) is 0. The predicted molar refractivity (Wildman–Crippen MR) is 58.5 cm³/mol. The van der Waals surface area contributed by atoms with Crippen LogP contribution in [0.5, 0.6) is 0 Å². The van der Waals surface area contributed by atoms with E-state index in [0.717, 1.165) is 25.7 Å². The van der Waals surface area contributed by atoms with Crippen LogP contribution in [0.4, 0.5) is 0 Å². The van der Waals surface area contributed by atoms with Crippen LogP contribution in [0.25, 0.3) is 0 Å². The largest absolute Gasteiger partial charge is 0.326 e. The molecule has 2 rings (SSSR count). The summed E-state index contributed by atoms with van der Waals surface area (Å²) in [6.07, 6.45) is 3.90. The second-order valence-corrected chi connectivity index (χ2v) is 6.30. The molecule has 2 fully saturated rings. The molecule has 2 heterocycles. The zero-order valence-corrected chi connectivity index (χ0v) is 9.75. The number of hydrogen-bond donors (Lipinski definition) is 1. The third-order valence-corrected chi connectivity index (χ3v) is 5.16. The molecule has 2 aliphatic heterocycles. The lowest BCUT2D eigenvalue weighted by Crippen LogP contribution is -2.45. The molecule has 0 radical (unpaired) electrons. The maximum Gasteiger partial charge on any atom is 0.282 e. The van der Waals surface area contributed by atoms with E-state index in [9.17, 15) is 8.42 Å². The van der Waals surface area contributed by atoms with E-state index in [0.29, 0.717) is 26.2 Å². The third-order valence-electron chi connectivity index (χ3n) is 3.16. The summed E-state index contributed by atoms with van der Waals surface area (Å²) < 4.78 is 27.4. The van der Waals surface area contributed by atoms with Gasteiger partial charge >= 0.3 is 0 Å². The summed E-state index contributed by atoms with van der Waals surface area (Å²) in [6, 6.07) is 0.0181. The first-order valence-corrected chi connectivity index (χ1v) is 7.01. The average Bonchev–Trinajstić information content (AvgIpc) is 2.67. The molecule has 2 N–H and O–H groups in total. The molecule has 0 amide bonds. The molecule has 0 aromatic carbocycles. The second kappa shape index (κ2) is 4.37. The minimum Gasteiger partial charge on any atom is -0.326 e. The minimum atomic E-state index is -3.21. The highest BCUT2D eigenvalue weighted by Gasteiger charge is 2.34. The van der Waals surface area contributed by atoms with Crippen LogP contribution in [0.3, 0.4) is 0 Å². The van der Waals surface area contributed by atoms with Crippen molar-refractivity contribution in [3.8, 4) is 0 Å². The van der Waals surface area contributed by atoms with Gasteiger partial charge < -0.3 is 5.73 Å². The number of nitrogens with two attached hydrogens (primary N) is 1. The van der Waals surface area contributed by atoms with Crippen LogP contribution in [-0.2, 0) is 10.2 Å². The highest BCUT2D eigenvalue weighted by Crippen LogP contribution is 2.19. The van der Waals surface area contributed by atoms with Crippen molar-refractivity contribution in [2.45, 2.75) is 31.7 Å². The fraction of sp³-hybridized carbons (Fsp3) is 1.00. The molecule has 0 aliphatic carbocycles. The maximum atomic E-state index is 12.1. The number of rotatable bonds is 2. The Labute approximate surface area is 91.4 Å². The van der Waals surface area contributed by atoms with Crippen molar-refractivity contribution in [3.63, 3.8) is 0 Å². The molecule has 6 heteroatoms. The minimum absolute atomic E-state index is 0.0181. The molecule has 0 spiro atoms. The molecule has 2 saturated heterocycles. The molecule has 2 aliphatic rings. The Balaban J connectivity index is 2.05. The van der Waals surface area contributed by atoms with Crippen LogP contribution < -0.4 is 5.73 Å². The van der Waals surface area contributed by atoms with Crippen molar-refractivity contribution < 1.29 is 8.42 Å². The fourth-order valence-corrected chi connectivity index (χ4v) is 3.98. The van der Waals surface area contributed by atoms with Crippen molar-refractivity contribution >= 4 is 10.2 Å². The molecule has 0 unspecified atom stereocenters. The van der Waals surface area contributed by atoms with Gasteiger partial charge in [0.25, 0.3) is 10.2 Å². The summed E-state index contributed by atoms with van der Waals surface area (Å²) in [7, 11) is -3.21. The average molecular weight is 233 g/mol. The van der Waals surface area contributed by atoms with E-state index in [-0.39, 0.29) is 6.04 Å². The Kier molecular flexibility index (Phi) is 3.30. The smallest absolute Gasteiger partial charge is 0.282 e. The zero-order valence-electron chi connectivity index (χ0n) is 8.93. The van der Waals surface area contributed by atoms with E-state index in [2.05, 4.69) is 0 Å². The van der Waals surface area contributed by atoms with Gasteiger partial charge in [-0.05, 0) is 19.3 Å². The summed E-state index contributed by atoms with van der Waals surface area (Å²) in [5, 5.41) is 0. The Morgan fingerprint density at radius 1 is 1.00 bits per heavy atom. The SMILES string of the molecule is N[C@H]1CCN(S(=O)(=O)N2CCCCC2)C1. The van der Waals surface area contributed by atoms with Crippen LogP contribution >= 0.6 is 0 Å². The van der Waals surface area contributed by atoms with E-state index in [4.69, 9.17) is 5.73 Å². The second-order valence-electron chi connectivity index (χ2n) is 4.37. The van der Waals surface area contributed by atoms with Crippen molar-refractivity contribution in [1.29, 1.82) is 0 Å². The maximum absolute atomic E-state index is 12.1. The van der Waals surface area contributed by atoms with Crippen LogP contribution in [0.1, 0.15) is 25.7 Å². The van der Waals surface area contributed by atoms with Gasteiger partial charge in [0.05, 0.1) is 0 Å². The van der Waals surface area contributed by atoms with Crippen molar-refractivity contribution in [2.75, 3.05) is 26.2 Å². The van der Waals surface area contributed by atoms with Gasteiger partial charge in [-0.15, -0.1) is 0 Å². The molecule has 1 atom stereocenters. The van der Waals surface area contributed by atoms with Gasteiger partial charge in [0, 0.05) is 32.2 Å². The Morgan fingerprint density at radius 3 is 2.20 bits per heavy atom. The molecule has 0 aromatic heterocycles. The van der Waals surface area contributed by atoms with E-state index in [1.807, 2.05) is 0 Å². The van der Waals surface area contributed by atoms with Gasteiger partial charge in [-0.2, -0.15) is 17.0 Å². The lowest BCUT2D eigenvalue weighted by molar-refractivity contribution is 0.315. The topological polar surface area (TPSA) is 66.6 Å². The molecule has 0 saturated carbocycles. The van der Waals surface area contributed by atoms with Gasteiger partial charge in [0.1, 0.15) is 0 Å². The molecule has 0 bridgehead atoms. The molecular weight excluding hydrogens is 214 g/mol. The van der Waals surface area contributed by atoms with Crippen LogP contribution in [0.15, 0.2) is 0 Å². The first-order chi connectivity index (χ1) is 7.10. The van der Waals surface area contributed by atoms with Crippen molar-refractivity contribution in [2.24, 2.45) is 5.73 Å². The predicted octanol–water partition coefficient (Wildman–Crippen LogP) is -0.250. The van der Waals surface area contributed by atoms with Gasteiger partial charge in [0.2, 0.25) is 0 Å². The molecular formula is C9H19N3O2S. The summed E-state index contributed by atoms with van der Waals surface area (Å²) >= 11 is 0. The molecule has 5 nitrogen and oxygen atoms in total. The summed E-state index contributed by atoms with van der Waals surface area (Å²) in [4.78, 5) is 0. The van der Waals surface area contributed by atoms with Gasteiger partial charge in [0.15, 0.2) is 0 Å². The Bertz CT molecular complexity index is 301. The van der Waals surface area contributed by atoms with E-state index >= 15 is 0 Å². The Morgan fingerprint density at radius 2 is 1.67 bits per heavy atom. The van der Waals surface area contributed by atoms with Crippen molar-refractivity contribution in [3.05, 3.63) is 0 Å². The number of nitrogens with zero attached hydrogens (tertiary/aromatic N) is 2. The van der Waals surface area contributed by atoms with Crippen LogP contribution in [0, 0.1) is 0 Å². The first-order valence-electron chi connectivity index (χ1n) is 5.61. The summed E-state index contributed by atoms with van der Waals surface area (Å²) in [6.45, 7) is 2.42. The quantitative estimate of drug-likeness (QED) is 0.715. The summed E-state index contributed by atoms with van der Waals surface area (Å²) in [5.41, 5.74) is 5.73. The van der Waals surface area contributed by atoms with Crippen LogP contribution in [0.2, 0.25) is 0 Å². The van der Waals surface area contributed by atoms with E-state index < -0.39 is 10.2 Å². The molecule has 15 heavy (non-hydrogen) atoms. The molecule has 0 aromatic rings. The fourth-order valence-electron chi connectivity index (χ4n) is 2.22. The highest BCUT2D eigenvalue weighted by atomic mass is 32.2. The highest BCUT2D eigenvalue weighted by molar-refractivity contribution is 7.86. The lowest BCUT2D eigenvalue weighted by atomic mass is 10.2. The number of hydrogen-bond acceptors (Lipinski definition) is 3. The third kappa shape index (κ3) is 2.33. The standard InChI is InChI=1S/C9H19N3O2S/c10-9-4-7-12(8-9)15(13,14)11-5-2-1-3-6-11/h9H,1-8,10H2/t9-/m0/s1. The zero-order chi connectivity index (χ0) is 10.9. The lowest BCUT2D eigenvalue weighted by Gasteiger charge is -2.29. The van der Waals surface area contributed by atoms with Gasteiger partial charge in [-0.1, -0.05) is 6.42 Å². The normalized spacial score (nSPS) is 30.9. The van der Waals surface area contributed by atoms with Gasteiger partial charge in [-0.25, -0.2) is 0 Å². The van der Waals surface area contributed by atoms with Gasteiger partial charge in [-0.3, -0.25) is 0 Å². The van der Waals surface area contributed by atoms with Crippen molar-refractivity contribution in [1.82, 2.24) is 8.61 Å². The molecule has 88 valence electrons. The van der Waals surface area contributed by atoms with E-state index in [1.165, 1.54) is 4.31 Å². The first kappa shape index (κ1) is 11.3.